The summed E-state index contributed by atoms with van der Waals surface area (Å²) in [4.78, 5) is 26.7. The second kappa shape index (κ2) is 10.4. The molecular formula is C27H36N4O3. The van der Waals surface area contributed by atoms with Crippen LogP contribution in [0.5, 0.6) is 5.75 Å². The maximum atomic E-state index is 13.3. The van der Waals surface area contributed by atoms with Crippen LogP contribution in [-0.4, -0.2) is 75.7 Å². The van der Waals surface area contributed by atoms with Crippen LogP contribution in [0, 0.1) is 12.8 Å². The molecule has 0 saturated carbocycles. The van der Waals surface area contributed by atoms with Gasteiger partial charge in [0, 0.05) is 43.5 Å². The SMILES string of the molecule is Cc1c(CCC2COc3ccccc3C2)ncnc1C(=O)N1CCC(N2CCC(O)CC2)CC1. The third-order valence-electron chi connectivity index (χ3n) is 7.90. The van der Waals surface area contributed by atoms with E-state index in [-0.39, 0.29) is 12.0 Å². The van der Waals surface area contributed by atoms with Crippen LogP contribution in [0.3, 0.4) is 0 Å². The Balaban J connectivity index is 1.16. The van der Waals surface area contributed by atoms with Crippen molar-refractivity contribution in [3.63, 3.8) is 0 Å². The van der Waals surface area contributed by atoms with E-state index in [1.54, 1.807) is 6.33 Å². The lowest BCUT2D eigenvalue weighted by atomic mass is 9.91. The Kier molecular flexibility index (Phi) is 7.11. The number of aliphatic hydroxyl groups is 1. The molecule has 1 unspecified atom stereocenters. The molecule has 0 radical (unpaired) electrons. The Morgan fingerprint density at radius 1 is 1.09 bits per heavy atom. The molecule has 3 aliphatic heterocycles. The first-order valence-electron chi connectivity index (χ1n) is 12.8. The summed E-state index contributed by atoms with van der Waals surface area (Å²) >= 11 is 0. The number of para-hydroxylation sites is 1. The number of nitrogens with zero attached hydrogens (tertiary/aromatic N) is 4. The standard InChI is InChI=1S/C27H36N4O3/c1-19-24(7-6-20-16-21-4-2-3-5-25(21)34-17-20)28-18-29-26(19)27(33)31-12-8-22(9-13-31)30-14-10-23(32)11-15-30/h2-5,18,20,22-23,32H,6-17H2,1H3. The van der Waals surface area contributed by atoms with Gasteiger partial charge in [0.2, 0.25) is 0 Å². The second-order valence-electron chi connectivity index (χ2n) is 10.1. The maximum Gasteiger partial charge on any atom is 0.272 e. The van der Waals surface area contributed by atoms with Crippen molar-refractivity contribution in [1.82, 2.24) is 19.8 Å². The molecule has 1 aromatic carbocycles. The van der Waals surface area contributed by atoms with Crippen molar-refractivity contribution in [2.75, 3.05) is 32.8 Å². The van der Waals surface area contributed by atoms with Crippen LogP contribution >= 0.6 is 0 Å². The van der Waals surface area contributed by atoms with Crippen LogP contribution in [0.15, 0.2) is 30.6 Å². The minimum absolute atomic E-state index is 0.0311. The third-order valence-corrected chi connectivity index (χ3v) is 7.90. The van der Waals surface area contributed by atoms with Gasteiger partial charge in [0.05, 0.1) is 12.7 Å². The summed E-state index contributed by atoms with van der Waals surface area (Å²) in [5.41, 5.74) is 3.71. The summed E-state index contributed by atoms with van der Waals surface area (Å²) in [6.07, 6.45) is 7.94. The van der Waals surface area contributed by atoms with E-state index in [0.29, 0.717) is 17.7 Å². The molecule has 1 atom stereocenters. The Labute approximate surface area is 202 Å². The molecule has 1 aromatic heterocycles. The Hall–Kier alpha value is -2.51. The van der Waals surface area contributed by atoms with E-state index in [1.807, 2.05) is 24.0 Å². The first kappa shape index (κ1) is 23.2. The summed E-state index contributed by atoms with van der Waals surface area (Å²) in [6.45, 7) is 6.18. The van der Waals surface area contributed by atoms with E-state index in [9.17, 15) is 9.90 Å². The predicted molar refractivity (Wildman–Crippen MR) is 130 cm³/mol. The summed E-state index contributed by atoms with van der Waals surface area (Å²) in [5.74, 6) is 1.49. The lowest BCUT2D eigenvalue weighted by molar-refractivity contribution is 0.0355. The fourth-order valence-corrected chi connectivity index (χ4v) is 5.71. The first-order chi connectivity index (χ1) is 16.6. The molecule has 7 nitrogen and oxygen atoms in total. The first-order valence-corrected chi connectivity index (χ1v) is 12.8. The van der Waals surface area contributed by atoms with Crippen molar-refractivity contribution in [3.8, 4) is 5.75 Å². The molecule has 0 bridgehead atoms. The van der Waals surface area contributed by atoms with Gasteiger partial charge in [-0.3, -0.25) is 4.79 Å². The molecular weight excluding hydrogens is 428 g/mol. The monoisotopic (exact) mass is 464 g/mol. The van der Waals surface area contributed by atoms with Gasteiger partial charge >= 0.3 is 0 Å². The lowest BCUT2D eigenvalue weighted by Gasteiger charge is -2.41. The number of hydrogen-bond acceptors (Lipinski definition) is 6. The molecule has 3 aliphatic rings. The fraction of sp³-hybridized carbons (Fsp3) is 0.593. The van der Waals surface area contributed by atoms with Crippen LogP contribution in [0.2, 0.25) is 0 Å². The number of carbonyl (C=O) groups is 1. The molecule has 0 aliphatic carbocycles. The zero-order chi connectivity index (χ0) is 23.5. The fourth-order valence-electron chi connectivity index (χ4n) is 5.71. The molecule has 5 rings (SSSR count). The molecule has 4 heterocycles. The highest BCUT2D eigenvalue weighted by molar-refractivity contribution is 5.93. The van der Waals surface area contributed by atoms with E-state index < -0.39 is 0 Å². The highest BCUT2D eigenvalue weighted by Crippen LogP contribution is 2.29. The highest BCUT2D eigenvalue weighted by Gasteiger charge is 2.30. The van der Waals surface area contributed by atoms with Gasteiger partial charge in [-0.05, 0) is 69.4 Å². The highest BCUT2D eigenvalue weighted by atomic mass is 16.5. The van der Waals surface area contributed by atoms with Gasteiger partial charge < -0.3 is 19.6 Å². The summed E-state index contributed by atoms with van der Waals surface area (Å²) in [5, 5.41) is 9.77. The minimum atomic E-state index is -0.144. The van der Waals surface area contributed by atoms with Crippen LogP contribution in [0.25, 0.3) is 0 Å². The van der Waals surface area contributed by atoms with Crippen molar-refractivity contribution in [2.24, 2.45) is 5.92 Å². The van der Waals surface area contributed by atoms with Gasteiger partial charge in [0.15, 0.2) is 0 Å². The predicted octanol–water partition coefficient (Wildman–Crippen LogP) is 3.03. The van der Waals surface area contributed by atoms with E-state index in [1.165, 1.54) is 5.56 Å². The molecule has 34 heavy (non-hydrogen) atoms. The Morgan fingerprint density at radius 2 is 1.85 bits per heavy atom. The van der Waals surface area contributed by atoms with Gasteiger partial charge in [0.25, 0.3) is 5.91 Å². The molecule has 182 valence electrons. The minimum Gasteiger partial charge on any atom is -0.493 e. The molecule has 1 N–H and O–H groups in total. The number of carbonyl (C=O) groups excluding carboxylic acids is 1. The van der Waals surface area contributed by atoms with E-state index in [2.05, 4.69) is 27.0 Å². The van der Waals surface area contributed by atoms with Gasteiger partial charge in [-0.1, -0.05) is 18.2 Å². The van der Waals surface area contributed by atoms with Crippen molar-refractivity contribution >= 4 is 5.91 Å². The van der Waals surface area contributed by atoms with Crippen LogP contribution in [0.4, 0.5) is 0 Å². The van der Waals surface area contributed by atoms with E-state index in [4.69, 9.17) is 4.74 Å². The quantitative estimate of drug-likeness (QED) is 0.733. The molecule has 2 saturated heterocycles. The maximum absolute atomic E-state index is 13.3. The van der Waals surface area contributed by atoms with Crippen LogP contribution in [0.1, 0.15) is 59.4 Å². The topological polar surface area (TPSA) is 78.8 Å². The average molecular weight is 465 g/mol. The Bertz CT molecular complexity index is 997. The second-order valence-corrected chi connectivity index (χ2v) is 10.1. The normalized spacial score (nSPS) is 22.3. The van der Waals surface area contributed by atoms with Crippen molar-refractivity contribution in [2.45, 2.75) is 64.0 Å². The number of aryl methyl sites for hydroxylation is 1. The number of fused-ring (bicyclic) bond motifs is 1. The Morgan fingerprint density at radius 3 is 2.65 bits per heavy atom. The van der Waals surface area contributed by atoms with Gasteiger partial charge in [-0.25, -0.2) is 9.97 Å². The largest absolute Gasteiger partial charge is 0.493 e. The number of hydrogen-bond donors (Lipinski definition) is 1. The van der Waals surface area contributed by atoms with Crippen molar-refractivity contribution in [1.29, 1.82) is 0 Å². The zero-order valence-corrected chi connectivity index (χ0v) is 20.2. The molecule has 0 spiro atoms. The number of rotatable bonds is 5. The number of aliphatic hydroxyl groups excluding tert-OH is 1. The van der Waals surface area contributed by atoms with Gasteiger partial charge in [-0.2, -0.15) is 0 Å². The lowest BCUT2D eigenvalue weighted by Crippen LogP contribution is -2.49. The molecule has 2 fully saturated rings. The number of ether oxygens (including phenoxy) is 1. The zero-order valence-electron chi connectivity index (χ0n) is 20.2. The molecule has 1 amide bonds. The average Bonchev–Trinajstić information content (AvgIpc) is 2.88. The van der Waals surface area contributed by atoms with Crippen LogP contribution < -0.4 is 4.74 Å². The van der Waals surface area contributed by atoms with Crippen molar-refractivity contribution in [3.05, 3.63) is 53.1 Å². The number of piperidine rings is 2. The smallest absolute Gasteiger partial charge is 0.272 e. The van der Waals surface area contributed by atoms with Crippen molar-refractivity contribution < 1.29 is 14.6 Å². The van der Waals surface area contributed by atoms with Gasteiger partial charge in [-0.15, -0.1) is 0 Å². The van der Waals surface area contributed by atoms with Gasteiger partial charge in [0.1, 0.15) is 17.8 Å². The number of aromatic nitrogens is 2. The third kappa shape index (κ3) is 5.10. The molecule has 2 aromatic rings. The van der Waals surface area contributed by atoms with E-state index in [0.717, 1.165) is 94.7 Å². The summed E-state index contributed by atoms with van der Waals surface area (Å²) < 4.78 is 5.94. The number of benzene rings is 1. The number of amides is 1. The van der Waals surface area contributed by atoms with Crippen LogP contribution in [-0.2, 0) is 12.8 Å². The summed E-state index contributed by atoms with van der Waals surface area (Å²) in [7, 11) is 0. The number of likely N-dealkylation sites (tertiary alicyclic amines) is 2. The molecule has 7 heteroatoms. The summed E-state index contributed by atoms with van der Waals surface area (Å²) in [6, 6.07) is 8.78. The van der Waals surface area contributed by atoms with E-state index >= 15 is 0 Å².